The Balaban J connectivity index is 4.89. The van der Waals surface area contributed by atoms with Crippen LogP contribution in [0, 0.1) is 0 Å². The quantitative estimate of drug-likeness (QED) is 0.0584. The average Bonchev–Trinajstić information content (AvgIpc) is 2.76. The maximum atomic E-state index is 3.18. The number of halogens is 1. The van der Waals surface area contributed by atoms with Gasteiger partial charge in [-0.05, 0) is 0 Å². The summed E-state index contributed by atoms with van der Waals surface area (Å²) in [5, 5.41) is 0. The summed E-state index contributed by atoms with van der Waals surface area (Å²) in [7, 11) is 0. The number of hydrogen-bond donors (Lipinski definition) is 0. The standard InChI is InChI=1S/C29H62IP/c1-5-9-13-16-19-23-27-31(30,26-22-12-8-4,28-24-20-17-14-10-6-2)29-25-21-18-15-11-7-3/h5-29H2,1-4H3. The predicted molar refractivity (Wildman–Crippen MR) is 160 cm³/mol. The van der Waals surface area contributed by atoms with E-state index in [0.717, 1.165) is 0 Å². The molecule has 31 heavy (non-hydrogen) atoms. The van der Waals surface area contributed by atoms with E-state index in [1.54, 1.807) is 24.6 Å². The second kappa shape index (κ2) is 21.7. The van der Waals surface area contributed by atoms with Crippen LogP contribution in [0.3, 0.4) is 0 Å². The molecule has 0 spiro atoms. The van der Waals surface area contributed by atoms with Crippen LogP contribution in [0.5, 0.6) is 0 Å². The van der Waals surface area contributed by atoms with Gasteiger partial charge in [0, 0.05) is 0 Å². The Morgan fingerprint density at radius 3 is 0.806 bits per heavy atom. The Morgan fingerprint density at radius 1 is 0.323 bits per heavy atom. The van der Waals surface area contributed by atoms with Gasteiger partial charge in [0.2, 0.25) is 0 Å². The first-order valence-corrected chi connectivity index (χ1v) is 20.5. The predicted octanol–water partition coefficient (Wildman–Crippen LogP) is 12.2. The molecule has 0 N–H and O–H groups in total. The molecular formula is C29H62IP. The van der Waals surface area contributed by atoms with Crippen LogP contribution in [0.4, 0.5) is 0 Å². The van der Waals surface area contributed by atoms with Crippen LogP contribution in [-0.4, -0.2) is 24.6 Å². The maximum absolute atomic E-state index is 3.18. The minimum absolute atomic E-state index is 1.37. The number of rotatable bonds is 25. The van der Waals surface area contributed by atoms with Crippen molar-refractivity contribution in [2.75, 3.05) is 24.6 Å². The summed E-state index contributed by atoms with van der Waals surface area (Å²) in [6.45, 7) is 9.40. The second-order valence-corrected chi connectivity index (χ2v) is 24.3. The average molecular weight is 569 g/mol. The van der Waals surface area contributed by atoms with Crippen molar-refractivity contribution in [3.8, 4) is 0 Å². The first kappa shape index (κ1) is 32.2. The molecule has 190 valence electrons. The Hall–Kier alpha value is 1.16. The first-order chi connectivity index (χ1) is 15.0. The Bertz CT molecular complexity index is 324. The molecule has 0 atom stereocenters. The van der Waals surface area contributed by atoms with Gasteiger partial charge in [-0.3, -0.25) is 0 Å². The van der Waals surface area contributed by atoms with Crippen LogP contribution in [0.2, 0.25) is 0 Å². The molecule has 0 amide bonds. The summed E-state index contributed by atoms with van der Waals surface area (Å²) >= 11 is 3.18. The fourth-order valence-corrected chi connectivity index (χ4v) is 14.8. The van der Waals surface area contributed by atoms with Gasteiger partial charge >= 0.3 is 213 Å². The van der Waals surface area contributed by atoms with E-state index in [1.807, 2.05) is 0 Å². The summed E-state index contributed by atoms with van der Waals surface area (Å²) in [6, 6.07) is 0. The summed E-state index contributed by atoms with van der Waals surface area (Å²) in [4.78, 5) is 0. The number of unbranched alkanes of at least 4 members (excludes halogenated alkanes) is 17. The Morgan fingerprint density at radius 2 is 0.516 bits per heavy atom. The zero-order valence-electron chi connectivity index (χ0n) is 22.5. The van der Waals surface area contributed by atoms with E-state index < -0.39 is 4.25 Å². The fraction of sp³-hybridized carbons (Fsp3) is 1.00. The molecule has 0 aliphatic carbocycles. The third kappa shape index (κ3) is 18.2. The molecule has 0 heterocycles. The first-order valence-electron chi connectivity index (χ1n) is 14.8. The van der Waals surface area contributed by atoms with Gasteiger partial charge in [0.25, 0.3) is 0 Å². The van der Waals surface area contributed by atoms with E-state index in [4.69, 9.17) is 0 Å². The van der Waals surface area contributed by atoms with Crippen LogP contribution in [0.15, 0.2) is 0 Å². The van der Waals surface area contributed by atoms with E-state index in [1.165, 1.54) is 135 Å². The van der Waals surface area contributed by atoms with Gasteiger partial charge in [0.05, 0.1) is 0 Å². The molecule has 0 fully saturated rings. The molecule has 0 unspecified atom stereocenters. The van der Waals surface area contributed by atoms with Gasteiger partial charge in [-0.1, -0.05) is 0 Å². The van der Waals surface area contributed by atoms with Crippen molar-refractivity contribution in [1.82, 2.24) is 0 Å². The topological polar surface area (TPSA) is 0 Å². The van der Waals surface area contributed by atoms with Crippen molar-refractivity contribution in [2.45, 2.75) is 163 Å². The van der Waals surface area contributed by atoms with E-state index in [-0.39, 0.29) is 0 Å². The fourth-order valence-electron chi connectivity index (χ4n) is 5.29. The molecule has 0 saturated heterocycles. The van der Waals surface area contributed by atoms with Crippen LogP contribution in [-0.2, 0) is 0 Å². The molecule has 0 aliphatic heterocycles. The SMILES string of the molecule is CCCCCCCCP(I)(CCCCC)(CCCCCCCC)CCCCCCCC. The number of hydrogen-bond acceptors (Lipinski definition) is 0. The molecule has 0 rings (SSSR count). The normalized spacial score (nSPS) is 13.4. The molecule has 0 radical (unpaired) electrons. The zero-order chi connectivity index (χ0) is 23.1. The molecule has 0 aromatic heterocycles. The van der Waals surface area contributed by atoms with E-state index >= 15 is 0 Å². The third-order valence-electron chi connectivity index (χ3n) is 7.53. The van der Waals surface area contributed by atoms with Crippen molar-refractivity contribution >= 4 is 26.3 Å². The van der Waals surface area contributed by atoms with E-state index in [0.29, 0.717) is 0 Å². The zero-order valence-corrected chi connectivity index (χ0v) is 25.6. The molecule has 0 aromatic carbocycles. The van der Waals surface area contributed by atoms with Crippen molar-refractivity contribution in [3.05, 3.63) is 0 Å². The van der Waals surface area contributed by atoms with Crippen molar-refractivity contribution in [3.63, 3.8) is 0 Å². The van der Waals surface area contributed by atoms with Crippen LogP contribution in [0.1, 0.15) is 163 Å². The monoisotopic (exact) mass is 568 g/mol. The molecule has 0 aromatic rings. The molecule has 0 bridgehead atoms. The molecular weight excluding hydrogens is 506 g/mol. The van der Waals surface area contributed by atoms with Crippen LogP contribution >= 0.6 is 26.3 Å². The van der Waals surface area contributed by atoms with Crippen molar-refractivity contribution in [1.29, 1.82) is 0 Å². The molecule has 2 heteroatoms. The van der Waals surface area contributed by atoms with Crippen molar-refractivity contribution < 1.29 is 0 Å². The Labute approximate surface area is 212 Å². The van der Waals surface area contributed by atoms with Crippen LogP contribution < -0.4 is 0 Å². The third-order valence-corrected chi connectivity index (χ3v) is 19.1. The van der Waals surface area contributed by atoms with Gasteiger partial charge in [0.1, 0.15) is 0 Å². The summed E-state index contributed by atoms with van der Waals surface area (Å²) in [5.74, 6) is 0. The van der Waals surface area contributed by atoms with E-state index in [9.17, 15) is 0 Å². The summed E-state index contributed by atoms with van der Waals surface area (Å²) < 4.78 is -1.56. The van der Waals surface area contributed by atoms with Gasteiger partial charge in [-0.2, -0.15) is 0 Å². The molecule has 0 saturated carbocycles. The second-order valence-electron chi connectivity index (χ2n) is 10.7. The Kier molecular flexibility index (Phi) is 22.5. The summed E-state index contributed by atoms with van der Waals surface area (Å²) in [6.07, 6.45) is 37.2. The van der Waals surface area contributed by atoms with Gasteiger partial charge in [0.15, 0.2) is 0 Å². The van der Waals surface area contributed by atoms with Gasteiger partial charge < -0.3 is 0 Å². The van der Waals surface area contributed by atoms with Crippen LogP contribution in [0.25, 0.3) is 0 Å². The summed E-state index contributed by atoms with van der Waals surface area (Å²) in [5.41, 5.74) is 0. The van der Waals surface area contributed by atoms with Gasteiger partial charge in [-0.15, -0.1) is 0 Å². The molecule has 0 aliphatic rings. The van der Waals surface area contributed by atoms with E-state index in [2.05, 4.69) is 49.7 Å². The minimum atomic E-state index is -1.56. The molecule has 0 nitrogen and oxygen atoms in total. The van der Waals surface area contributed by atoms with Gasteiger partial charge in [-0.25, -0.2) is 0 Å². The van der Waals surface area contributed by atoms with Crippen molar-refractivity contribution in [2.24, 2.45) is 0 Å².